The van der Waals surface area contributed by atoms with Gasteiger partial charge in [-0.3, -0.25) is 4.79 Å². The van der Waals surface area contributed by atoms with E-state index < -0.39 is 5.60 Å². The fraction of sp³-hybridized carbons (Fsp3) is 0.800. The molecule has 0 amide bonds. The monoisotopic (exact) mass is 183 g/mol. The molecule has 0 saturated carbocycles. The predicted molar refractivity (Wildman–Crippen MR) is 49.9 cm³/mol. The van der Waals surface area contributed by atoms with Crippen LogP contribution in [0, 0.1) is 11.3 Å². The van der Waals surface area contributed by atoms with E-state index in [0.717, 1.165) is 12.8 Å². The Labute approximate surface area is 79.7 Å². The molecule has 3 heteroatoms. The summed E-state index contributed by atoms with van der Waals surface area (Å²) in [5.41, 5.74) is -0.639. The Morgan fingerprint density at radius 3 is 2.62 bits per heavy atom. The Balaban J connectivity index is 3.83. The summed E-state index contributed by atoms with van der Waals surface area (Å²) < 4.78 is 5.12. The molecule has 0 N–H and O–H groups in total. The minimum atomic E-state index is -0.639. The van der Waals surface area contributed by atoms with Crippen molar-refractivity contribution in [2.24, 2.45) is 0 Å². The van der Waals surface area contributed by atoms with Crippen LogP contribution in [0.4, 0.5) is 0 Å². The summed E-state index contributed by atoms with van der Waals surface area (Å²) in [6.07, 6.45) is 2.52. The molecule has 13 heavy (non-hydrogen) atoms. The van der Waals surface area contributed by atoms with Gasteiger partial charge in [-0.15, -0.1) is 0 Å². The minimum Gasteiger partial charge on any atom is -0.459 e. The Morgan fingerprint density at radius 2 is 2.15 bits per heavy atom. The second-order valence-electron chi connectivity index (χ2n) is 3.67. The van der Waals surface area contributed by atoms with E-state index in [2.05, 4.69) is 0 Å². The molecule has 0 saturated heterocycles. The number of carbonyl (C=O) groups is 1. The van der Waals surface area contributed by atoms with E-state index in [-0.39, 0.29) is 12.4 Å². The Kier molecular flexibility index (Phi) is 5.13. The van der Waals surface area contributed by atoms with E-state index >= 15 is 0 Å². The van der Waals surface area contributed by atoms with Crippen molar-refractivity contribution in [3.63, 3.8) is 0 Å². The Bertz CT molecular complexity index is 203. The van der Waals surface area contributed by atoms with Gasteiger partial charge in [0.15, 0.2) is 0 Å². The van der Waals surface area contributed by atoms with E-state index in [9.17, 15) is 4.79 Å². The largest absolute Gasteiger partial charge is 0.459 e. The average molecular weight is 183 g/mol. The number of carbonyl (C=O) groups excluding carboxylic acids is 1. The summed E-state index contributed by atoms with van der Waals surface area (Å²) in [5.74, 6) is -0.206. The predicted octanol–water partition coefficient (Wildman–Crippen LogP) is 2.41. The third-order valence-corrected chi connectivity index (χ3v) is 1.63. The molecular formula is C10H17NO2. The normalized spacial score (nSPS) is 10.6. The maximum absolute atomic E-state index is 11.2. The first-order valence-electron chi connectivity index (χ1n) is 4.60. The minimum absolute atomic E-state index is 0.206. The van der Waals surface area contributed by atoms with E-state index in [4.69, 9.17) is 10.00 Å². The second kappa shape index (κ2) is 5.58. The maximum atomic E-state index is 11.2. The van der Waals surface area contributed by atoms with Crippen molar-refractivity contribution in [2.75, 3.05) is 0 Å². The van der Waals surface area contributed by atoms with Crippen LogP contribution in [0.15, 0.2) is 0 Å². The van der Waals surface area contributed by atoms with Crippen molar-refractivity contribution >= 4 is 5.97 Å². The van der Waals surface area contributed by atoms with Crippen LogP contribution in [-0.2, 0) is 9.53 Å². The van der Waals surface area contributed by atoms with Gasteiger partial charge in [-0.05, 0) is 20.3 Å². The van der Waals surface area contributed by atoms with Gasteiger partial charge in [-0.25, -0.2) is 0 Å². The van der Waals surface area contributed by atoms with Crippen LogP contribution >= 0.6 is 0 Å². The zero-order chi connectivity index (χ0) is 10.3. The molecule has 0 atom stereocenters. The van der Waals surface area contributed by atoms with E-state index in [0.29, 0.717) is 6.42 Å². The van der Waals surface area contributed by atoms with Crippen LogP contribution in [0.5, 0.6) is 0 Å². The first kappa shape index (κ1) is 12.0. The zero-order valence-electron chi connectivity index (χ0n) is 8.59. The van der Waals surface area contributed by atoms with Crippen molar-refractivity contribution in [1.29, 1.82) is 5.26 Å². The zero-order valence-corrected chi connectivity index (χ0v) is 8.59. The third kappa shape index (κ3) is 6.15. The van der Waals surface area contributed by atoms with Crippen LogP contribution in [0.3, 0.4) is 0 Å². The van der Waals surface area contributed by atoms with Crippen molar-refractivity contribution in [3.05, 3.63) is 0 Å². The lowest BCUT2D eigenvalue weighted by molar-refractivity contribution is -0.156. The number of nitrogens with zero attached hydrogens (tertiary/aromatic N) is 1. The summed E-state index contributed by atoms with van der Waals surface area (Å²) in [5, 5.41) is 8.45. The van der Waals surface area contributed by atoms with Crippen molar-refractivity contribution in [3.8, 4) is 6.07 Å². The number of ether oxygens (including phenoxy) is 1. The van der Waals surface area contributed by atoms with E-state index in [1.165, 1.54) is 0 Å². The first-order valence-corrected chi connectivity index (χ1v) is 4.60. The quantitative estimate of drug-likeness (QED) is 0.615. The number of rotatable bonds is 5. The van der Waals surface area contributed by atoms with E-state index in [1.807, 2.05) is 13.0 Å². The lowest BCUT2D eigenvalue weighted by Gasteiger charge is -2.21. The molecule has 3 nitrogen and oxygen atoms in total. The van der Waals surface area contributed by atoms with Gasteiger partial charge >= 0.3 is 5.97 Å². The highest BCUT2D eigenvalue weighted by Crippen LogP contribution is 2.15. The highest BCUT2D eigenvalue weighted by atomic mass is 16.6. The molecule has 0 rings (SSSR count). The summed E-state index contributed by atoms with van der Waals surface area (Å²) in [7, 11) is 0. The maximum Gasteiger partial charge on any atom is 0.306 e. The number of nitriles is 1. The van der Waals surface area contributed by atoms with Gasteiger partial charge in [-0.1, -0.05) is 13.3 Å². The van der Waals surface area contributed by atoms with E-state index in [1.54, 1.807) is 13.8 Å². The van der Waals surface area contributed by atoms with Gasteiger partial charge < -0.3 is 4.74 Å². The molecule has 0 aliphatic heterocycles. The molecule has 0 unspecified atom stereocenters. The Hall–Kier alpha value is -1.04. The molecule has 0 radical (unpaired) electrons. The summed E-state index contributed by atoms with van der Waals surface area (Å²) >= 11 is 0. The van der Waals surface area contributed by atoms with Crippen molar-refractivity contribution in [1.82, 2.24) is 0 Å². The van der Waals surface area contributed by atoms with Gasteiger partial charge in [0.05, 0.1) is 12.5 Å². The molecule has 0 aliphatic carbocycles. The fourth-order valence-corrected chi connectivity index (χ4v) is 0.907. The van der Waals surface area contributed by atoms with Gasteiger partial charge in [0.2, 0.25) is 0 Å². The molecule has 0 heterocycles. The van der Waals surface area contributed by atoms with Crippen LogP contribution in [0.25, 0.3) is 0 Å². The molecule has 74 valence electrons. The van der Waals surface area contributed by atoms with Crippen molar-refractivity contribution in [2.45, 2.75) is 52.1 Å². The van der Waals surface area contributed by atoms with Crippen LogP contribution in [-0.4, -0.2) is 11.6 Å². The van der Waals surface area contributed by atoms with Crippen LogP contribution in [0.1, 0.15) is 46.5 Å². The molecule has 0 aromatic rings. The average Bonchev–Trinajstić information content (AvgIpc) is 1.99. The molecule has 0 spiro atoms. The first-order chi connectivity index (χ1) is 6.02. The van der Waals surface area contributed by atoms with Gasteiger partial charge in [-0.2, -0.15) is 5.26 Å². The summed E-state index contributed by atoms with van der Waals surface area (Å²) in [6, 6.07) is 1.99. The Morgan fingerprint density at radius 1 is 1.54 bits per heavy atom. The summed E-state index contributed by atoms with van der Waals surface area (Å²) in [6.45, 7) is 5.52. The van der Waals surface area contributed by atoms with Crippen LogP contribution < -0.4 is 0 Å². The van der Waals surface area contributed by atoms with Crippen molar-refractivity contribution < 1.29 is 9.53 Å². The number of esters is 1. The molecule has 0 fully saturated rings. The smallest absolute Gasteiger partial charge is 0.306 e. The highest BCUT2D eigenvalue weighted by Gasteiger charge is 2.21. The van der Waals surface area contributed by atoms with Gasteiger partial charge in [0.1, 0.15) is 5.60 Å². The lowest BCUT2D eigenvalue weighted by atomic mass is 10.1. The number of hydrogen-bond acceptors (Lipinski definition) is 3. The summed E-state index contributed by atoms with van der Waals surface area (Å²) in [4.78, 5) is 11.2. The fourth-order valence-electron chi connectivity index (χ4n) is 0.907. The standard InChI is InChI=1S/C10H17NO2/c1-4-5-6-9(12)13-10(2,3)7-8-11/h4-7H2,1-3H3. The molecule has 0 aliphatic rings. The van der Waals surface area contributed by atoms with Crippen LogP contribution in [0.2, 0.25) is 0 Å². The van der Waals surface area contributed by atoms with Gasteiger partial charge in [0, 0.05) is 6.42 Å². The number of unbranched alkanes of at least 4 members (excludes halogenated alkanes) is 1. The third-order valence-electron chi connectivity index (χ3n) is 1.63. The molecule has 0 bridgehead atoms. The second-order valence-corrected chi connectivity index (χ2v) is 3.67. The molecular weight excluding hydrogens is 166 g/mol. The number of hydrogen-bond donors (Lipinski definition) is 0. The SMILES string of the molecule is CCCCC(=O)OC(C)(C)CC#N. The topological polar surface area (TPSA) is 50.1 Å². The highest BCUT2D eigenvalue weighted by molar-refractivity contribution is 5.69. The molecule has 0 aromatic heterocycles. The molecule has 0 aromatic carbocycles. The lowest BCUT2D eigenvalue weighted by Crippen LogP contribution is -2.27. The van der Waals surface area contributed by atoms with Gasteiger partial charge in [0.25, 0.3) is 0 Å².